The molecule has 0 bridgehead atoms. The number of ketones is 1. The van der Waals surface area contributed by atoms with Gasteiger partial charge in [-0.15, -0.1) is 11.3 Å². The molecule has 1 aromatic carbocycles. The van der Waals surface area contributed by atoms with Crippen LogP contribution in [0.4, 0.5) is 0 Å². The van der Waals surface area contributed by atoms with Crippen molar-refractivity contribution in [2.24, 2.45) is 27.7 Å². The number of carbonyl (C=O) groups excluding carboxylic acids is 6. The van der Waals surface area contributed by atoms with Crippen molar-refractivity contribution in [2.75, 3.05) is 13.1 Å². The largest absolute Gasteiger partial charge is 0.360 e. The third kappa shape index (κ3) is 11.5. The van der Waals surface area contributed by atoms with E-state index in [1.165, 1.54) is 11.3 Å². The van der Waals surface area contributed by atoms with Crippen molar-refractivity contribution in [1.29, 1.82) is 0 Å². The minimum Gasteiger partial charge on any atom is -0.360 e. The second kappa shape index (κ2) is 19.4. The molecule has 2 aliphatic rings. The number of rotatable bonds is 12. The topological polar surface area (TPSA) is 191 Å². The Kier molecular flexibility index (Phi) is 15.4. The van der Waals surface area contributed by atoms with Gasteiger partial charge in [-0.1, -0.05) is 106 Å². The zero-order chi connectivity index (χ0) is 43.1. The van der Waals surface area contributed by atoms with E-state index in [1.807, 2.05) is 99.6 Å². The fourth-order valence-electron chi connectivity index (χ4n) is 7.46. The Morgan fingerprint density at radius 2 is 1.62 bits per heavy atom. The number of hydrogen-bond acceptors (Lipinski definition) is 10. The number of fused-ring (bicyclic) bond motifs is 1. The maximum atomic E-state index is 14.8. The van der Waals surface area contributed by atoms with Gasteiger partial charge in [0.1, 0.15) is 47.3 Å². The molecule has 1 aromatic heterocycles. The van der Waals surface area contributed by atoms with E-state index >= 15 is 0 Å². The van der Waals surface area contributed by atoms with Gasteiger partial charge in [-0.3, -0.25) is 33.8 Å². The number of nitrogens with zero attached hydrogens (tertiary/aromatic N) is 3. The molecule has 5 amide bonds. The lowest BCUT2D eigenvalue weighted by Gasteiger charge is -2.39. The number of nitrogens with one attached hydrogen (secondary N) is 5. The number of amidine groups is 1. The molecule has 2 aromatic rings. The quantitative estimate of drug-likeness (QED) is 0.210. The number of Topliss-reactive ketones (excluding diaryl/α,β-unsaturated/α-hetero) is 1. The van der Waals surface area contributed by atoms with Crippen LogP contribution in [0.5, 0.6) is 0 Å². The van der Waals surface area contributed by atoms with Crippen LogP contribution in [-0.4, -0.2) is 94.3 Å². The maximum absolute atomic E-state index is 14.8. The monoisotopic (exact) mass is 820 g/mol. The third-order valence-electron chi connectivity index (χ3n) is 11.1. The fraction of sp³-hybridized carbons (Fsp3) is 0.628. The molecule has 5 N–H and O–H groups in total. The van der Waals surface area contributed by atoms with E-state index in [4.69, 9.17) is 4.99 Å². The first-order valence-corrected chi connectivity index (χ1v) is 21.3. The molecule has 318 valence electrons. The summed E-state index contributed by atoms with van der Waals surface area (Å²) in [5.74, 6) is -2.82. The molecule has 1 fully saturated rings. The Bertz CT molecular complexity index is 1800. The molecule has 8 atom stereocenters. The highest BCUT2D eigenvalue weighted by Crippen LogP contribution is 2.29. The molecule has 0 radical (unpaired) electrons. The summed E-state index contributed by atoms with van der Waals surface area (Å²) < 4.78 is 0. The lowest BCUT2D eigenvalue weighted by atomic mass is 9.82. The number of carbonyl (C=O) groups is 6. The maximum Gasteiger partial charge on any atom is 0.244 e. The van der Waals surface area contributed by atoms with Crippen LogP contribution < -0.4 is 26.6 Å². The van der Waals surface area contributed by atoms with Crippen molar-refractivity contribution in [2.45, 2.75) is 138 Å². The van der Waals surface area contributed by atoms with Gasteiger partial charge in [-0.05, 0) is 34.7 Å². The van der Waals surface area contributed by atoms with Crippen LogP contribution in [0.3, 0.4) is 0 Å². The van der Waals surface area contributed by atoms with Crippen molar-refractivity contribution in [3.8, 4) is 0 Å². The first kappa shape index (κ1) is 46.0. The van der Waals surface area contributed by atoms with Crippen LogP contribution in [0.25, 0.3) is 0 Å². The van der Waals surface area contributed by atoms with E-state index in [9.17, 15) is 28.8 Å². The van der Waals surface area contributed by atoms with Crippen molar-refractivity contribution in [1.82, 2.24) is 36.5 Å². The third-order valence-corrected chi connectivity index (χ3v) is 12.0. The minimum absolute atomic E-state index is 0.0390. The van der Waals surface area contributed by atoms with Crippen LogP contribution in [0.2, 0.25) is 0 Å². The molecule has 3 heterocycles. The van der Waals surface area contributed by atoms with E-state index in [2.05, 4.69) is 31.6 Å². The van der Waals surface area contributed by atoms with Gasteiger partial charge in [-0.2, -0.15) is 0 Å². The van der Waals surface area contributed by atoms with Crippen LogP contribution in [0.1, 0.15) is 118 Å². The van der Waals surface area contributed by atoms with Gasteiger partial charge < -0.3 is 31.5 Å². The minimum atomic E-state index is -1.08. The van der Waals surface area contributed by atoms with Gasteiger partial charge in [0.2, 0.25) is 29.5 Å². The zero-order valence-electron chi connectivity index (χ0n) is 36.0. The lowest BCUT2D eigenvalue weighted by Crippen LogP contribution is -2.65. The predicted molar refractivity (Wildman–Crippen MR) is 226 cm³/mol. The molecule has 4 rings (SSSR count). The second-order valence-electron chi connectivity index (χ2n) is 18.2. The van der Waals surface area contributed by atoms with E-state index in [0.29, 0.717) is 24.4 Å². The van der Waals surface area contributed by atoms with E-state index in [1.54, 1.807) is 23.4 Å². The van der Waals surface area contributed by atoms with Crippen molar-refractivity contribution in [3.63, 3.8) is 0 Å². The normalized spacial score (nSPS) is 22.9. The Morgan fingerprint density at radius 1 is 0.948 bits per heavy atom. The highest BCUT2D eigenvalue weighted by Gasteiger charge is 2.44. The average molecular weight is 821 g/mol. The fourth-order valence-corrected chi connectivity index (χ4v) is 8.15. The first-order chi connectivity index (χ1) is 27.1. The summed E-state index contributed by atoms with van der Waals surface area (Å²) in [6.07, 6.45) is 2.60. The Labute approximate surface area is 347 Å². The van der Waals surface area contributed by atoms with Crippen LogP contribution in [-0.2, 0) is 28.8 Å². The van der Waals surface area contributed by atoms with E-state index in [0.717, 1.165) is 5.56 Å². The number of aliphatic imine (C=N–C) groups is 1. The highest BCUT2D eigenvalue weighted by molar-refractivity contribution is 7.09. The molecule has 0 unspecified atom stereocenters. The molecule has 2 aliphatic heterocycles. The van der Waals surface area contributed by atoms with Gasteiger partial charge in [-0.25, -0.2) is 4.98 Å². The van der Waals surface area contributed by atoms with Crippen LogP contribution >= 0.6 is 11.3 Å². The molecular weight excluding hydrogens is 757 g/mol. The summed E-state index contributed by atoms with van der Waals surface area (Å²) in [4.78, 5) is 94.2. The lowest BCUT2D eigenvalue weighted by molar-refractivity contribution is -0.140. The Morgan fingerprint density at radius 3 is 2.19 bits per heavy atom. The SMILES string of the molecule is CCC(=O)C[C@@H](NC(=O)[C@H](NC(=O)[C@H](NC1=NCC(=O)N2CC[C@H](C)[C@@H]2C(=O)N[C@H](C(C)C)C(=O)N[C@@H]1C(C)(C)C)C(C)(C)C)[C@@H](C)c1ccccc1)c1nccs1. The number of amides is 5. The highest BCUT2D eigenvalue weighted by atomic mass is 32.1. The summed E-state index contributed by atoms with van der Waals surface area (Å²) >= 11 is 1.34. The molecule has 15 heteroatoms. The van der Waals surface area contributed by atoms with Crippen LogP contribution in [0, 0.1) is 22.7 Å². The van der Waals surface area contributed by atoms with E-state index in [-0.39, 0.29) is 48.2 Å². The van der Waals surface area contributed by atoms with E-state index < -0.39 is 70.7 Å². The number of hydrogen-bond donors (Lipinski definition) is 5. The summed E-state index contributed by atoms with van der Waals surface area (Å²) in [6.45, 7) is 20.7. The van der Waals surface area contributed by atoms with Gasteiger partial charge >= 0.3 is 0 Å². The van der Waals surface area contributed by atoms with Crippen molar-refractivity contribution in [3.05, 3.63) is 52.5 Å². The number of benzene rings is 1. The van der Waals surface area contributed by atoms with Gasteiger partial charge in [0.15, 0.2) is 0 Å². The predicted octanol–water partition coefficient (Wildman–Crippen LogP) is 4.28. The summed E-state index contributed by atoms with van der Waals surface area (Å²) in [5.41, 5.74) is -0.655. The molecule has 58 heavy (non-hydrogen) atoms. The smallest absolute Gasteiger partial charge is 0.244 e. The summed E-state index contributed by atoms with van der Waals surface area (Å²) in [6, 6.07) is 4.13. The van der Waals surface area contributed by atoms with Gasteiger partial charge in [0, 0.05) is 36.9 Å². The Balaban J connectivity index is 1.76. The molecule has 0 aliphatic carbocycles. The van der Waals surface area contributed by atoms with Gasteiger partial charge in [0.25, 0.3) is 0 Å². The molecule has 0 saturated carbocycles. The average Bonchev–Trinajstić information content (AvgIpc) is 3.83. The van der Waals surface area contributed by atoms with Crippen molar-refractivity contribution < 1.29 is 28.8 Å². The molecule has 1 saturated heterocycles. The molecule has 0 spiro atoms. The number of aromatic nitrogens is 1. The first-order valence-electron chi connectivity index (χ1n) is 20.4. The Hall–Kier alpha value is -4.66. The summed E-state index contributed by atoms with van der Waals surface area (Å²) in [7, 11) is 0. The molecule has 14 nitrogen and oxygen atoms in total. The second-order valence-corrected chi connectivity index (χ2v) is 19.1. The zero-order valence-corrected chi connectivity index (χ0v) is 36.8. The van der Waals surface area contributed by atoms with Crippen LogP contribution in [0.15, 0.2) is 46.9 Å². The summed E-state index contributed by atoms with van der Waals surface area (Å²) in [5, 5.41) is 17.9. The van der Waals surface area contributed by atoms with Gasteiger partial charge in [0.05, 0.1) is 12.1 Å². The standard InChI is InChI=1S/C43H64N8O6S/c1-12-28(52)22-29(41-44-19-21-58-41)46-38(55)32(26(5)27-16-14-13-15-17-27)48-40(57)35(43(9,10)11)49-36-34(42(6,7)8)50-37(54)31(24(2)3)47-39(56)33-25(4)18-20-51(33)30(53)23-45-36/h13-17,19,21,24-26,29,31-35H,12,18,20,22-23H2,1-11H3,(H,45,49)(H,46,55)(H,47,56)(H,48,57)(H,50,54)/t25-,26-,29+,31+,32+,33+,34-,35-/m0/s1. The number of thiazole rings is 1. The van der Waals surface area contributed by atoms with Crippen molar-refractivity contribution >= 4 is 52.5 Å². The molecular formula is C43H64N8O6S.